The number of fused-ring (bicyclic) bond motifs is 1. The summed E-state index contributed by atoms with van der Waals surface area (Å²) in [6, 6.07) is 5.59. The van der Waals surface area contributed by atoms with Gasteiger partial charge in [-0.25, -0.2) is 9.19 Å². The predicted molar refractivity (Wildman–Crippen MR) is 212 cm³/mol. The fourth-order valence-electron chi connectivity index (χ4n) is 5.38. The summed E-state index contributed by atoms with van der Waals surface area (Å²) in [5, 5.41) is 6.91. The van der Waals surface area contributed by atoms with Gasteiger partial charge in [-0.3, -0.25) is 23.9 Å². The first-order valence-electron chi connectivity index (χ1n) is 18.5. The Morgan fingerprint density at radius 2 is 1.88 bits per heavy atom. The summed E-state index contributed by atoms with van der Waals surface area (Å²) in [5.41, 5.74) is 5.13. The van der Waals surface area contributed by atoms with Gasteiger partial charge < -0.3 is 19.9 Å². The normalized spacial score (nSPS) is 16.8. The van der Waals surface area contributed by atoms with Crippen LogP contribution in [0.4, 0.5) is 0 Å². The van der Waals surface area contributed by atoms with Crippen molar-refractivity contribution >= 4 is 51.4 Å². The lowest BCUT2D eigenvalue weighted by atomic mass is 10.0. The molecule has 2 unspecified atom stereocenters. The smallest absolute Gasteiger partial charge is 0.249 e. The number of H-pyrrole nitrogens is 1. The maximum absolute atomic E-state index is 12.3. The zero-order valence-electron chi connectivity index (χ0n) is 31.6. The predicted octanol–water partition coefficient (Wildman–Crippen LogP) is 6.61. The van der Waals surface area contributed by atoms with Crippen LogP contribution < -0.4 is 15.5 Å². The van der Waals surface area contributed by atoms with Gasteiger partial charge in [-0.05, 0) is 94.7 Å². The molecule has 3 aliphatic rings. The number of benzene rings is 1. The van der Waals surface area contributed by atoms with Crippen LogP contribution in [0, 0.1) is 13.8 Å². The van der Waals surface area contributed by atoms with Crippen molar-refractivity contribution in [3.05, 3.63) is 63.3 Å². The van der Waals surface area contributed by atoms with E-state index in [0.717, 1.165) is 90.6 Å². The topological polar surface area (TPSA) is 151 Å². The van der Waals surface area contributed by atoms with E-state index < -0.39 is 11.0 Å². The number of rotatable bonds is 14. The molecule has 13 heteroatoms. The maximum atomic E-state index is 12.3. The molecule has 1 saturated heterocycles. The Hall–Kier alpha value is -3.68. The van der Waals surface area contributed by atoms with Gasteiger partial charge in [0.1, 0.15) is 28.6 Å². The van der Waals surface area contributed by atoms with Crippen LogP contribution in [0.15, 0.2) is 41.0 Å². The van der Waals surface area contributed by atoms with E-state index in [9.17, 15) is 23.4 Å². The molecular weight excluding hydrogens is 699 g/mol. The lowest BCUT2D eigenvalue weighted by Crippen LogP contribution is -2.47. The van der Waals surface area contributed by atoms with Gasteiger partial charge in [0.25, 0.3) is 0 Å². The fraction of sp³-hybridized carbons (Fsp3) is 0.564. The summed E-state index contributed by atoms with van der Waals surface area (Å²) in [7, 11) is -1.08. The molecule has 11 nitrogen and oxygen atoms in total. The molecule has 0 spiro atoms. The minimum Gasteiger partial charge on any atom is -0.372 e. The number of aromatic nitrogens is 2. The standard InChI is InChI=1S/C17H18N2OS.C16H26N2O3.C4H7NO2S.C2H6/c1-9(2)14-8-21-17(19-14)13-7-15(20)12-6-5-10(3)11(4)16(12)18-13;1-2-3-4-5-11-21-12-15(19)18-10-6-7-14(18)16(20)17-13-8-9-13;6-3-5-8(7)4-1-2-4;1-2/h5-9H,1-4H3,(H,18,20);2,13-14H,1,3-12H2,(H,17,20);3-4H,1-2H2,(H,5,6);1-2H3. The number of nitrogens with one attached hydrogen (secondary N) is 3. The summed E-state index contributed by atoms with van der Waals surface area (Å²) in [6.45, 7) is 17.3. The average molecular weight is 756 g/mol. The molecule has 2 aliphatic carbocycles. The molecule has 2 aromatic heterocycles. The summed E-state index contributed by atoms with van der Waals surface area (Å²) in [6.07, 6.45) is 11.1. The molecule has 1 aliphatic heterocycles. The van der Waals surface area contributed by atoms with E-state index in [0.29, 0.717) is 31.5 Å². The molecule has 2 atom stereocenters. The molecule has 3 amide bonds. The van der Waals surface area contributed by atoms with Crippen molar-refractivity contribution < 1.29 is 23.3 Å². The van der Waals surface area contributed by atoms with Gasteiger partial charge in [-0.1, -0.05) is 39.8 Å². The highest BCUT2D eigenvalue weighted by Gasteiger charge is 2.36. The van der Waals surface area contributed by atoms with E-state index in [1.165, 1.54) is 5.56 Å². The van der Waals surface area contributed by atoms with Crippen molar-refractivity contribution in [3.63, 3.8) is 0 Å². The third kappa shape index (κ3) is 13.1. The molecule has 52 heavy (non-hydrogen) atoms. The molecule has 0 bridgehead atoms. The van der Waals surface area contributed by atoms with Crippen LogP contribution >= 0.6 is 11.3 Å². The van der Waals surface area contributed by atoms with Gasteiger partial charge in [0.05, 0.1) is 22.2 Å². The van der Waals surface area contributed by atoms with Crippen LogP contribution in [0.3, 0.4) is 0 Å². The van der Waals surface area contributed by atoms with E-state index >= 15 is 0 Å². The molecule has 286 valence electrons. The Labute approximate surface area is 315 Å². The van der Waals surface area contributed by atoms with Gasteiger partial charge in [0.15, 0.2) is 5.43 Å². The number of nitrogens with zero attached hydrogens (tertiary/aromatic N) is 2. The Morgan fingerprint density at radius 3 is 2.50 bits per heavy atom. The Morgan fingerprint density at radius 1 is 1.15 bits per heavy atom. The number of hydrogen-bond donors (Lipinski definition) is 3. The number of thiazole rings is 1. The Balaban J connectivity index is 0.000000223. The minimum atomic E-state index is -1.08. The molecule has 3 N–H and O–H groups in total. The SMILES string of the molecule is C=CCCCCOCC(=O)N1CCCC1C(=O)NC1CC1.CC.Cc1ccc2c(=O)cc(-c3nc(C(C)C)cs3)[nH]c2c1C.O=CNS(=O)C1CC1. The molecule has 1 aromatic carbocycles. The molecule has 6 rings (SSSR count). The fourth-order valence-corrected chi connectivity index (χ4v) is 7.18. The van der Waals surface area contributed by atoms with Crippen molar-refractivity contribution in [2.75, 3.05) is 19.8 Å². The highest BCUT2D eigenvalue weighted by molar-refractivity contribution is 7.84. The number of amides is 3. The van der Waals surface area contributed by atoms with Crippen molar-refractivity contribution in [2.45, 2.75) is 123 Å². The van der Waals surface area contributed by atoms with Gasteiger partial charge in [-0.2, -0.15) is 0 Å². The third-order valence-corrected chi connectivity index (χ3v) is 11.1. The zero-order chi connectivity index (χ0) is 38.2. The number of hydrogen-bond acceptors (Lipinski definition) is 8. The Kier molecular flexibility index (Phi) is 17.9. The molecule has 0 radical (unpaired) electrons. The zero-order valence-corrected chi connectivity index (χ0v) is 33.3. The van der Waals surface area contributed by atoms with Gasteiger partial charge in [0, 0.05) is 36.0 Å². The number of aromatic amines is 1. The van der Waals surface area contributed by atoms with Crippen LogP contribution in [0.5, 0.6) is 0 Å². The van der Waals surface area contributed by atoms with E-state index in [1.807, 2.05) is 39.0 Å². The number of aryl methyl sites for hydroxylation is 2. The number of carbonyl (C=O) groups is 3. The lowest BCUT2D eigenvalue weighted by molar-refractivity contribution is -0.142. The summed E-state index contributed by atoms with van der Waals surface area (Å²) < 4.78 is 18.2. The van der Waals surface area contributed by atoms with Crippen LogP contribution in [0.25, 0.3) is 21.6 Å². The van der Waals surface area contributed by atoms with Crippen LogP contribution in [0.2, 0.25) is 0 Å². The number of pyridine rings is 1. The quantitative estimate of drug-likeness (QED) is 0.0953. The second kappa shape index (κ2) is 21.8. The highest BCUT2D eigenvalue weighted by atomic mass is 32.2. The first-order valence-corrected chi connectivity index (χ1v) is 20.6. The number of allylic oxidation sites excluding steroid dienone is 1. The molecule has 2 saturated carbocycles. The molecule has 3 aromatic rings. The van der Waals surface area contributed by atoms with Crippen molar-refractivity contribution in [2.24, 2.45) is 0 Å². The first-order chi connectivity index (χ1) is 25.0. The van der Waals surface area contributed by atoms with Crippen molar-refractivity contribution in [1.29, 1.82) is 0 Å². The summed E-state index contributed by atoms with van der Waals surface area (Å²) >= 11 is 1.58. The van der Waals surface area contributed by atoms with E-state index in [1.54, 1.807) is 22.3 Å². The largest absolute Gasteiger partial charge is 0.372 e. The number of carbonyl (C=O) groups excluding carboxylic acids is 3. The lowest BCUT2D eigenvalue weighted by Gasteiger charge is -2.24. The number of unbranched alkanes of at least 4 members (excludes halogenated alkanes) is 2. The van der Waals surface area contributed by atoms with E-state index in [4.69, 9.17) is 4.74 Å². The maximum Gasteiger partial charge on any atom is 0.249 e. The van der Waals surface area contributed by atoms with Gasteiger partial charge in [0.2, 0.25) is 18.2 Å². The van der Waals surface area contributed by atoms with E-state index in [2.05, 4.69) is 52.7 Å². The van der Waals surface area contributed by atoms with Gasteiger partial charge >= 0.3 is 0 Å². The van der Waals surface area contributed by atoms with E-state index in [-0.39, 0.29) is 35.1 Å². The molecular formula is C39H57N5O6S2. The van der Waals surface area contributed by atoms with Crippen molar-refractivity contribution in [1.82, 2.24) is 24.9 Å². The van der Waals surface area contributed by atoms with Crippen LogP contribution in [-0.2, 0) is 30.1 Å². The highest BCUT2D eigenvalue weighted by Crippen LogP contribution is 2.27. The monoisotopic (exact) mass is 755 g/mol. The first kappa shape index (κ1) is 42.7. The summed E-state index contributed by atoms with van der Waals surface area (Å²) in [4.78, 5) is 55.9. The second-order valence-corrected chi connectivity index (χ2v) is 15.7. The number of ether oxygens (including phenoxy) is 1. The van der Waals surface area contributed by atoms with Crippen molar-refractivity contribution in [3.8, 4) is 10.7 Å². The van der Waals surface area contributed by atoms with Crippen LogP contribution in [0.1, 0.15) is 108 Å². The molecule has 3 heterocycles. The Bertz CT molecular complexity index is 1710. The molecule has 3 fully saturated rings. The second-order valence-electron chi connectivity index (χ2n) is 13.3. The van der Waals surface area contributed by atoms with Gasteiger partial charge in [-0.15, -0.1) is 17.9 Å². The third-order valence-electron chi connectivity index (χ3n) is 8.84. The minimum absolute atomic E-state index is 0.00864. The average Bonchev–Trinajstić information content (AvgIpc) is 4.05. The summed E-state index contributed by atoms with van der Waals surface area (Å²) in [5.74, 6) is 0.340. The number of likely N-dealkylation sites (tertiary alicyclic amines) is 1. The van der Waals surface area contributed by atoms with Crippen LogP contribution in [-0.4, -0.2) is 74.4 Å².